The third-order valence-electron chi connectivity index (χ3n) is 3.79. The van der Waals surface area contributed by atoms with E-state index in [4.69, 9.17) is 9.15 Å². The van der Waals surface area contributed by atoms with Crippen LogP contribution in [0.4, 0.5) is 0 Å². The summed E-state index contributed by atoms with van der Waals surface area (Å²) in [6.45, 7) is 4.14. The second kappa shape index (κ2) is 8.84. The van der Waals surface area contributed by atoms with Crippen LogP contribution in [0.3, 0.4) is 0 Å². The van der Waals surface area contributed by atoms with Crippen molar-refractivity contribution >= 4 is 15.7 Å². The number of hydrogen-bond donors (Lipinski definition) is 1. The van der Waals surface area contributed by atoms with Crippen LogP contribution in [0.2, 0.25) is 0 Å². The quantitative estimate of drug-likeness (QED) is 0.671. The van der Waals surface area contributed by atoms with Crippen LogP contribution in [0.15, 0.2) is 28.7 Å². The maximum absolute atomic E-state index is 12.3. The van der Waals surface area contributed by atoms with Crippen molar-refractivity contribution in [2.45, 2.75) is 32.4 Å². The van der Waals surface area contributed by atoms with Crippen molar-refractivity contribution in [3.05, 3.63) is 35.7 Å². The number of methoxy groups -OCH3 is 1. The molecule has 0 atom stereocenters. The number of hydrogen-bond acceptors (Lipinski definition) is 6. The molecule has 0 spiro atoms. The number of rotatable bonds is 9. The van der Waals surface area contributed by atoms with E-state index in [1.165, 1.54) is 0 Å². The lowest BCUT2D eigenvalue weighted by Gasteiger charge is -2.05. The van der Waals surface area contributed by atoms with Gasteiger partial charge in [0.25, 0.3) is 0 Å². The Bertz CT molecular complexity index is 841. The van der Waals surface area contributed by atoms with Gasteiger partial charge in [-0.05, 0) is 37.6 Å². The Hall–Kier alpha value is -2.35. The van der Waals surface area contributed by atoms with Gasteiger partial charge in [-0.25, -0.2) is 13.4 Å². The number of nitrogens with zero attached hydrogens (tertiary/aromatic N) is 1. The van der Waals surface area contributed by atoms with Crippen LogP contribution in [-0.2, 0) is 20.4 Å². The first kappa shape index (κ1) is 20.0. The lowest BCUT2D eigenvalue weighted by molar-refractivity contribution is -0.118. The monoisotopic (exact) mass is 380 g/mol. The predicted molar refractivity (Wildman–Crippen MR) is 98.6 cm³/mol. The van der Waals surface area contributed by atoms with Gasteiger partial charge in [0.1, 0.15) is 17.3 Å². The molecular weight excluding hydrogens is 356 g/mol. The number of unbranched alkanes of at least 4 members (excludes halogenated alkanes) is 1. The summed E-state index contributed by atoms with van der Waals surface area (Å²) in [5, 5.41) is 2.61. The number of benzene rings is 1. The molecule has 0 fully saturated rings. The van der Waals surface area contributed by atoms with Gasteiger partial charge in [0, 0.05) is 12.1 Å². The number of amides is 1. The number of aromatic nitrogens is 1. The van der Waals surface area contributed by atoms with E-state index >= 15 is 0 Å². The molecule has 0 aliphatic rings. The van der Waals surface area contributed by atoms with Crippen LogP contribution in [0.5, 0.6) is 5.75 Å². The SMILES string of the molecule is CCCCNC(=O)CS(=O)(=O)Cc1nc(-c2ccc(OC)cc2)oc1C. The number of aryl methyl sites for hydroxylation is 1. The van der Waals surface area contributed by atoms with Gasteiger partial charge >= 0.3 is 0 Å². The minimum atomic E-state index is -3.63. The molecule has 0 aliphatic carbocycles. The Balaban J connectivity index is 2.07. The summed E-state index contributed by atoms with van der Waals surface area (Å²) in [4.78, 5) is 16.0. The molecule has 2 rings (SSSR count). The van der Waals surface area contributed by atoms with Gasteiger partial charge in [0.05, 0.1) is 18.6 Å². The van der Waals surface area contributed by atoms with Gasteiger partial charge in [-0.1, -0.05) is 13.3 Å². The number of sulfone groups is 1. The Morgan fingerprint density at radius 1 is 1.27 bits per heavy atom. The van der Waals surface area contributed by atoms with Crippen LogP contribution >= 0.6 is 0 Å². The smallest absolute Gasteiger partial charge is 0.235 e. The van der Waals surface area contributed by atoms with E-state index in [0.29, 0.717) is 29.6 Å². The number of carbonyl (C=O) groups is 1. The van der Waals surface area contributed by atoms with Crippen LogP contribution in [-0.4, -0.2) is 38.7 Å². The van der Waals surface area contributed by atoms with Crippen molar-refractivity contribution in [2.24, 2.45) is 0 Å². The summed E-state index contributed by atoms with van der Waals surface area (Å²) in [6, 6.07) is 7.10. The van der Waals surface area contributed by atoms with Crippen molar-refractivity contribution in [3.8, 4) is 17.2 Å². The largest absolute Gasteiger partial charge is 0.497 e. The van der Waals surface area contributed by atoms with Crippen LogP contribution in [0, 0.1) is 6.92 Å². The Kier molecular flexibility index (Phi) is 6.79. The zero-order chi connectivity index (χ0) is 19.2. The van der Waals surface area contributed by atoms with Gasteiger partial charge in [-0.2, -0.15) is 0 Å². The van der Waals surface area contributed by atoms with Crippen molar-refractivity contribution in [3.63, 3.8) is 0 Å². The number of ether oxygens (including phenoxy) is 1. The average molecular weight is 380 g/mol. The van der Waals surface area contributed by atoms with Crippen LogP contribution in [0.25, 0.3) is 11.5 Å². The number of carbonyl (C=O) groups excluding carboxylic acids is 1. The highest BCUT2D eigenvalue weighted by atomic mass is 32.2. The molecule has 1 aromatic heterocycles. The van der Waals surface area contributed by atoms with Crippen LogP contribution < -0.4 is 10.1 Å². The molecule has 0 bridgehead atoms. The molecule has 142 valence electrons. The minimum Gasteiger partial charge on any atom is -0.497 e. The van der Waals surface area contributed by atoms with E-state index in [0.717, 1.165) is 18.4 Å². The Morgan fingerprint density at radius 2 is 1.96 bits per heavy atom. The maximum Gasteiger partial charge on any atom is 0.235 e. The van der Waals surface area contributed by atoms with Gasteiger partial charge in [0.15, 0.2) is 9.84 Å². The standard InChI is InChI=1S/C18H24N2O5S/c1-4-5-10-19-17(21)12-26(22,23)11-16-13(2)25-18(20-16)14-6-8-15(24-3)9-7-14/h6-9H,4-5,10-12H2,1-3H3,(H,19,21). The highest BCUT2D eigenvalue weighted by Crippen LogP contribution is 2.24. The average Bonchev–Trinajstić information content (AvgIpc) is 2.94. The molecule has 1 aromatic carbocycles. The summed E-state index contributed by atoms with van der Waals surface area (Å²) in [6.07, 6.45) is 1.75. The van der Waals surface area contributed by atoms with Gasteiger partial charge < -0.3 is 14.5 Å². The Morgan fingerprint density at radius 3 is 2.58 bits per heavy atom. The van der Waals surface area contributed by atoms with Gasteiger partial charge in [0.2, 0.25) is 11.8 Å². The summed E-state index contributed by atoms with van der Waals surface area (Å²) in [5.74, 6) is 0.0815. The molecule has 0 radical (unpaired) electrons. The van der Waals surface area contributed by atoms with Crippen molar-refractivity contribution in [1.29, 1.82) is 0 Å². The highest BCUT2D eigenvalue weighted by Gasteiger charge is 2.22. The number of nitrogens with one attached hydrogen (secondary N) is 1. The molecule has 0 saturated carbocycles. The molecule has 26 heavy (non-hydrogen) atoms. The van der Waals surface area contributed by atoms with E-state index in [-0.39, 0.29) is 5.75 Å². The molecule has 2 aromatic rings. The summed E-state index contributed by atoms with van der Waals surface area (Å²) in [7, 11) is -2.05. The van der Waals surface area contributed by atoms with E-state index in [2.05, 4.69) is 10.3 Å². The highest BCUT2D eigenvalue weighted by molar-refractivity contribution is 7.91. The molecule has 0 unspecified atom stereocenters. The third-order valence-corrected chi connectivity index (χ3v) is 5.21. The Labute approximate surface area is 153 Å². The van der Waals surface area contributed by atoms with Crippen molar-refractivity contribution < 1.29 is 22.4 Å². The van der Waals surface area contributed by atoms with E-state index in [9.17, 15) is 13.2 Å². The number of oxazole rings is 1. The van der Waals surface area contributed by atoms with Crippen molar-refractivity contribution in [2.75, 3.05) is 19.4 Å². The normalized spacial score (nSPS) is 11.3. The molecular formula is C18H24N2O5S. The predicted octanol–water partition coefficient (Wildman–Crippen LogP) is 2.49. The zero-order valence-corrected chi connectivity index (χ0v) is 16.1. The second-order valence-corrected chi connectivity index (χ2v) is 8.05. The van der Waals surface area contributed by atoms with E-state index in [1.807, 2.05) is 6.92 Å². The zero-order valence-electron chi connectivity index (χ0n) is 15.2. The molecule has 0 saturated heterocycles. The fraction of sp³-hybridized carbons (Fsp3) is 0.444. The van der Waals surface area contributed by atoms with Crippen molar-refractivity contribution in [1.82, 2.24) is 10.3 Å². The first-order valence-corrected chi connectivity index (χ1v) is 10.2. The molecule has 7 nitrogen and oxygen atoms in total. The lowest BCUT2D eigenvalue weighted by Crippen LogP contribution is -2.31. The molecule has 0 aliphatic heterocycles. The van der Waals surface area contributed by atoms with E-state index in [1.54, 1.807) is 38.3 Å². The fourth-order valence-corrected chi connectivity index (χ4v) is 3.62. The van der Waals surface area contributed by atoms with E-state index < -0.39 is 21.5 Å². The first-order chi connectivity index (χ1) is 12.3. The van der Waals surface area contributed by atoms with Gasteiger partial charge in [-0.3, -0.25) is 4.79 Å². The molecule has 1 heterocycles. The first-order valence-electron chi connectivity index (χ1n) is 8.42. The minimum absolute atomic E-state index is 0.317. The molecule has 8 heteroatoms. The molecule has 1 N–H and O–H groups in total. The summed E-state index contributed by atoms with van der Waals surface area (Å²) < 4.78 is 35.2. The second-order valence-electron chi connectivity index (χ2n) is 5.99. The summed E-state index contributed by atoms with van der Waals surface area (Å²) in [5.41, 5.74) is 1.03. The summed E-state index contributed by atoms with van der Waals surface area (Å²) >= 11 is 0. The topological polar surface area (TPSA) is 98.5 Å². The lowest BCUT2D eigenvalue weighted by atomic mass is 10.2. The third kappa shape index (κ3) is 5.59. The molecule has 1 amide bonds. The maximum atomic E-state index is 12.3. The fourth-order valence-electron chi connectivity index (χ4n) is 2.33. The van der Waals surface area contributed by atoms with Crippen LogP contribution in [0.1, 0.15) is 31.2 Å². The van der Waals surface area contributed by atoms with Gasteiger partial charge in [-0.15, -0.1) is 0 Å².